The maximum absolute atomic E-state index is 12.1. The molecule has 6 nitrogen and oxygen atoms in total. The van der Waals surface area contributed by atoms with Gasteiger partial charge in [-0.25, -0.2) is 4.98 Å². The number of ether oxygens (including phenoxy) is 1. The van der Waals surface area contributed by atoms with Crippen molar-refractivity contribution in [2.24, 2.45) is 0 Å². The molecular weight excluding hydrogens is 340 g/mol. The molecule has 7 heteroatoms. The number of methoxy groups -OCH3 is 1. The van der Waals surface area contributed by atoms with Gasteiger partial charge in [-0.05, 0) is 31.0 Å². The molecule has 1 saturated carbocycles. The van der Waals surface area contributed by atoms with Crippen LogP contribution in [0.15, 0.2) is 28.9 Å². The second-order valence-electron chi connectivity index (χ2n) is 5.01. The van der Waals surface area contributed by atoms with Crippen LogP contribution in [0.3, 0.4) is 0 Å². The molecule has 0 radical (unpaired) electrons. The van der Waals surface area contributed by atoms with Crippen LogP contribution in [0.4, 0.5) is 5.69 Å². The Labute approximate surface area is 128 Å². The second-order valence-corrected chi connectivity index (χ2v) is 5.93. The number of aromatic nitrogens is 1. The molecule has 0 atom stereocenters. The highest BCUT2D eigenvalue weighted by atomic mass is 79.9. The first-order chi connectivity index (χ1) is 9.99. The number of hydrogen-bond donors (Lipinski definition) is 0. The molecule has 0 amide bonds. The summed E-state index contributed by atoms with van der Waals surface area (Å²) < 4.78 is 5.63. The Kier molecular flexibility index (Phi) is 3.16. The van der Waals surface area contributed by atoms with Crippen LogP contribution < -0.4 is 0 Å². The van der Waals surface area contributed by atoms with Gasteiger partial charge in [0, 0.05) is 9.86 Å². The van der Waals surface area contributed by atoms with E-state index in [2.05, 4.69) is 20.9 Å². The molecule has 0 saturated heterocycles. The fourth-order valence-corrected chi connectivity index (χ4v) is 3.03. The summed E-state index contributed by atoms with van der Waals surface area (Å²) in [5.41, 5.74) is -0.0257. The summed E-state index contributed by atoms with van der Waals surface area (Å²) in [6, 6.07) is 5.33. The van der Waals surface area contributed by atoms with Gasteiger partial charge >= 0.3 is 5.97 Å². The number of nitrogens with zero attached hydrogens (tertiary/aromatic N) is 2. The van der Waals surface area contributed by atoms with Crippen LogP contribution >= 0.6 is 15.9 Å². The Balaban J connectivity index is 2.37. The van der Waals surface area contributed by atoms with Gasteiger partial charge in [-0.1, -0.05) is 15.9 Å². The van der Waals surface area contributed by atoms with E-state index < -0.39 is 16.3 Å². The molecule has 0 unspecified atom stereocenters. The number of benzene rings is 1. The van der Waals surface area contributed by atoms with Crippen molar-refractivity contribution in [2.75, 3.05) is 7.11 Å². The molecular formula is C14H11BrN2O4. The van der Waals surface area contributed by atoms with Crippen LogP contribution in [-0.2, 0) is 14.9 Å². The Bertz CT molecular complexity index is 771. The van der Waals surface area contributed by atoms with E-state index >= 15 is 0 Å². The van der Waals surface area contributed by atoms with Crippen LogP contribution in [0.5, 0.6) is 0 Å². The first kappa shape index (κ1) is 13.9. The predicted octanol–water partition coefficient (Wildman–Crippen LogP) is 3.11. The number of esters is 1. The SMILES string of the molecule is COC(=O)C1(c2c([N+](=O)[O-])cnc3ccc(Br)cc23)CC1. The van der Waals surface area contributed by atoms with Gasteiger partial charge in [0.05, 0.1) is 23.1 Å². The maximum atomic E-state index is 12.1. The van der Waals surface area contributed by atoms with Crippen LogP contribution in [0.25, 0.3) is 10.9 Å². The summed E-state index contributed by atoms with van der Waals surface area (Å²) in [4.78, 5) is 27.1. The van der Waals surface area contributed by atoms with E-state index in [4.69, 9.17) is 4.74 Å². The minimum atomic E-state index is -0.918. The Hall–Kier alpha value is -2.02. The van der Waals surface area contributed by atoms with Gasteiger partial charge in [0.2, 0.25) is 0 Å². The molecule has 1 aromatic heterocycles. The second kappa shape index (κ2) is 4.77. The molecule has 1 aliphatic rings. The van der Waals surface area contributed by atoms with E-state index in [1.807, 2.05) is 6.07 Å². The molecule has 108 valence electrons. The lowest BCUT2D eigenvalue weighted by atomic mass is 9.91. The van der Waals surface area contributed by atoms with Crippen LogP contribution in [-0.4, -0.2) is 23.0 Å². The van der Waals surface area contributed by atoms with Gasteiger partial charge in [0.15, 0.2) is 0 Å². The quantitative estimate of drug-likeness (QED) is 0.482. The highest BCUT2D eigenvalue weighted by molar-refractivity contribution is 9.10. The fraction of sp³-hybridized carbons (Fsp3) is 0.286. The third kappa shape index (κ3) is 2.08. The number of carbonyl (C=O) groups is 1. The number of hydrogen-bond acceptors (Lipinski definition) is 5. The monoisotopic (exact) mass is 350 g/mol. The molecule has 0 N–H and O–H groups in total. The number of carbonyl (C=O) groups excluding carboxylic acids is 1. The van der Waals surface area contributed by atoms with Gasteiger partial charge in [0.1, 0.15) is 11.6 Å². The van der Waals surface area contributed by atoms with E-state index in [1.165, 1.54) is 13.3 Å². The molecule has 3 rings (SSSR count). The Morgan fingerprint density at radius 3 is 2.76 bits per heavy atom. The van der Waals surface area contributed by atoms with Crippen molar-refractivity contribution in [1.82, 2.24) is 4.98 Å². The van der Waals surface area contributed by atoms with Gasteiger partial charge in [-0.2, -0.15) is 0 Å². The Morgan fingerprint density at radius 2 is 2.19 bits per heavy atom. The van der Waals surface area contributed by atoms with Crippen LogP contribution in [0.1, 0.15) is 18.4 Å². The van der Waals surface area contributed by atoms with Gasteiger partial charge in [-0.15, -0.1) is 0 Å². The van der Waals surface area contributed by atoms with Gasteiger partial charge < -0.3 is 4.74 Å². The first-order valence-electron chi connectivity index (χ1n) is 6.31. The summed E-state index contributed by atoms with van der Waals surface area (Å²) in [5.74, 6) is -0.432. The van der Waals surface area contributed by atoms with Gasteiger partial charge in [-0.3, -0.25) is 14.9 Å². The zero-order chi connectivity index (χ0) is 15.2. The molecule has 1 aromatic carbocycles. The van der Waals surface area contributed by atoms with Crippen molar-refractivity contribution < 1.29 is 14.5 Å². The van der Waals surface area contributed by atoms with E-state index in [1.54, 1.807) is 12.1 Å². The lowest BCUT2D eigenvalue weighted by Gasteiger charge is -2.15. The van der Waals surface area contributed by atoms with Crippen LogP contribution in [0.2, 0.25) is 0 Å². The zero-order valence-electron chi connectivity index (χ0n) is 11.1. The van der Waals surface area contributed by atoms with E-state index in [9.17, 15) is 14.9 Å². The summed E-state index contributed by atoms with van der Waals surface area (Å²) in [5, 5.41) is 11.9. The summed E-state index contributed by atoms with van der Waals surface area (Å²) in [6.07, 6.45) is 2.31. The highest BCUT2D eigenvalue weighted by Gasteiger charge is 2.56. The number of rotatable bonds is 3. The minimum absolute atomic E-state index is 0.136. The highest BCUT2D eigenvalue weighted by Crippen LogP contribution is 2.54. The molecule has 0 bridgehead atoms. The third-order valence-electron chi connectivity index (χ3n) is 3.81. The van der Waals surface area contributed by atoms with Crippen LogP contribution in [0, 0.1) is 10.1 Å². The molecule has 0 spiro atoms. The first-order valence-corrected chi connectivity index (χ1v) is 7.10. The largest absolute Gasteiger partial charge is 0.468 e. The number of fused-ring (bicyclic) bond motifs is 1. The summed E-state index contributed by atoms with van der Waals surface area (Å²) in [7, 11) is 1.30. The smallest absolute Gasteiger partial charge is 0.316 e. The molecule has 21 heavy (non-hydrogen) atoms. The third-order valence-corrected chi connectivity index (χ3v) is 4.30. The summed E-state index contributed by atoms with van der Waals surface area (Å²) >= 11 is 3.36. The normalized spacial score (nSPS) is 15.7. The topological polar surface area (TPSA) is 82.3 Å². The Morgan fingerprint density at radius 1 is 1.48 bits per heavy atom. The molecule has 2 aromatic rings. The summed E-state index contributed by atoms with van der Waals surface area (Å²) in [6.45, 7) is 0. The molecule has 1 fully saturated rings. The van der Waals surface area contributed by atoms with Crippen molar-refractivity contribution in [3.05, 3.63) is 44.5 Å². The maximum Gasteiger partial charge on any atom is 0.316 e. The average molecular weight is 351 g/mol. The van der Waals surface area contributed by atoms with Crippen molar-refractivity contribution in [3.63, 3.8) is 0 Å². The average Bonchev–Trinajstić information content (AvgIpc) is 3.26. The van der Waals surface area contributed by atoms with Crippen molar-refractivity contribution >= 4 is 38.5 Å². The van der Waals surface area contributed by atoms with E-state index in [0.29, 0.717) is 29.3 Å². The standard InChI is InChI=1S/C14H11BrN2O4/c1-21-13(18)14(4-5-14)12-9-6-8(15)2-3-10(9)16-7-11(12)17(19)20/h2-3,6-7H,4-5H2,1H3. The molecule has 0 aliphatic heterocycles. The lowest BCUT2D eigenvalue weighted by Crippen LogP contribution is -2.23. The lowest BCUT2D eigenvalue weighted by molar-refractivity contribution is -0.385. The van der Waals surface area contributed by atoms with Crippen molar-refractivity contribution in [2.45, 2.75) is 18.3 Å². The van der Waals surface area contributed by atoms with Gasteiger partial charge in [0.25, 0.3) is 5.69 Å². The van der Waals surface area contributed by atoms with E-state index in [0.717, 1.165) is 4.47 Å². The fourth-order valence-electron chi connectivity index (χ4n) is 2.67. The van der Waals surface area contributed by atoms with Crippen molar-refractivity contribution in [3.8, 4) is 0 Å². The number of halogens is 1. The zero-order valence-corrected chi connectivity index (χ0v) is 12.7. The number of nitro groups is 1. The molecule has 1 aliphatic carbocycles. The van der Waals surface area contributed by atoms with Crippen molar-refractivity contribution in [1.29, 1.82) is 0 Å². The van der Waals surface area contributed by atoms with E-state index in [-0.39, 0.29) is 5.69 Å². The predicted molar refractivity (Wildman–Crippen MR) is 79.0 cm³/mol. The minimum Gasteiger partial charge on any atom is -0.468 e. The molecule has 1 heterocycles. The number of pyridine rings is 1.